The molecule has 3 aromatic rings. The predicted octanol–water partition coefficient (Wildman–Crippen LogP) is 3.41. The third kappa shape index (κ3) is 3.57. The Morgan fingerprint density at radius 3 is 2.12 bits per heavy atom. The van der Waals surface area contributed by atoms with Crippen LogP contribution >= 0.6 is 0 Å². The first-order valence-corrected chi connectivity index (χ1v) is 7.99. The van der Waals surface area contributed by atoms with E-state index in [1.807, 2.05) is 0 Å². The Kier molecular flexibility index (Phi) is 4.12. The molecular formula is C19H21N3O3. The van der Waals surface area contributed by atoms with Crippen LogP contribution in [-0.4, -0.2) is 30.3 Å². The molecule has 0 saturated heterocycles. The van der Waals surface area contributed by atoms with Crippen molar-refractivity contribution in [2.75, 3.05) is 0 Å². The molecule has 1 heterocycles. The lowest BCUT2D eigenvalue weighted by Gasteiger charge is -2.19. The highest BCUT2D eigenvalue weighted by molar-refractivity contribution is 5.66. The number of nitrogens with zero attached hydrogens (tertiary/aromatic N) is 3. The number of hydrogen-bond donors (Lipinski definition) is 3. The second-order valence-corrected chi connectivity index (χ2v) is 7.11. The Morgan fingerprint density at radius 2 is 1.56 bits per heavy atom. The SMILES string of the molecule is CC(C)(C)c1ccc(Cn2cc(-c3cc(O)c(O)c(O)c3)nn2)cc1. The molecule has 2 aromatic carbocycles. The largest absolute Gasteiger partial charge is 0.504 e. The first kappa shape index (κ1) is 16.8. The molecule has 0 aliphatic heterocycles. The van der Waals surface area contributed by atoms with Crippen molar-refractivity contribution in [3.8, 4) is 28.5 Å². The molecule has 0 atom stereocenters. The van der Waals surface area contributed by atoms with Crippen molar-refractivity contribution in [3.63, 3.8) is 0 Å². The van der Waals surface area contributed by atoms with Gasteiger partial charge in [-0.25, -0.2) is 4.68 Å². The van der Waals surface area contributed by atoms with Gasteiger partial charge >= 0.3 is 0 Å². The van der Waals surface area contributed by atoms with Crippen LogP contribution in [0.2, 0.25) is 0 Å². The second kappa shape index (κ2) is 6.12. The molecule has 130 valence electrons. The van der Waals surface area contributed by atoms with Gasteiger partial charge in [-0.05, 0) is 28.7 Å². The molecule has 0 spiro atoms. The summed E-state index contributed by atoms with van der Waals surface area (Å²) >= 11 is 0. The van der Waals surface area contributed by atoms with E-state index in [0.29, 0.717) is 17.8 Å². The number of aromatic hydroxyl groups is 3. The number of rotatable bonds is 3. The summed E-state index contributed by atoms with van der Waals surface area (Å²) in [5.74, 6) is -1.35. The highest BCUT2D eigenvalue weighted by atomic mass is 16.3. The van der Waals surface area contributed by atoms with E-state index >= 15 is 0 Å². The Morgan fingerprint density at radius 1 is 0.960 bits per heavy atom. The zero-order valence-electron chi connectivity index (χ0n) is 14.4. The van der Waals surface area contributed by atoms with E-state index < -0.39 is 17.2 Å². The number of phenolic OH excluding ortho intramolecular Hbond substituents is 3. The Balaban J connectivity index is 1.80. The van der Waals surface area contributed by atoms with Crippen LogP contribution in [0, 0.1) is 0 Å². The minimum absolute atomic E-state index is 0.113. The van der Waals surface area contributed by atoms with Crippen molar-refractivity contribution >= 4 is 0 Å². The molecule has 6 heteroatoms. The number of phenols is 3. The Bertz CT molecular complexity index is 870. The quantitative estimate of drug-likeness (QED) is 0.636. The minimum Gasteiger partial charge on any atom is -0.504 e. The van der Waals surface area contributed by atoms with Gasteiger partial charge in [-0.1, -0.05) is 50.3 Å². The molecule has 3 N–H and O–H groups in total. The Labute approximate surface area is 146 Å². The van der Waals surface area contributed by atoms with E-state index in [4.69, 9.17) is 0 Å². The van der Waals surface area contributed by atoms with E-state index in [1.54, 1.807) is 10.9 Å². The van der Waals surface area contributed by atoms with Crippen LogP contribution in [0.3, 0.4) is 0 Å². The fourth-order valence-corrected chi connectivity index (χ4v) is 2.56. The molecule has 0 amide bonds. The van der Waals surface area contributed by atoms with Gasteiger partial charge < -0.3 is 15.3 Å². The van der Waals surface area contributed by atoms with Crippen LogP contribution in [-0.2, 0) is 12.0 Å². The van der Waals surface area contributed by atoms with Gasteiger partial charge in [0, 0.05) is 5.56 Å². The van der Waals surface area contributed by atoms with Crippen LogP contribution in [0.4, 0.5) is 0 Å². The summed E-state index contributed by atoms with van der Waals surface area (Å²) in [7, 11) is 0. The van der Waals surface area contributed by atoms with Gasteiger partial charge in [0.2, 0.25) is 0 Å². The van der Waals surface area contributed by atoms with Gasteiger partial charge in [0.15, 0.2) is 17.2 Å². The molecule has 1 aromatic heterocycles. The van der Waals surface area contributed by atoms with Crippen LogP contribution in [0.5, 0.6) is 17.2 Å². The molecule has 3 rings (SSSR count). The van der Waals surface area contributed by atoms with Gasteiger partial charge in [0.25, 0.3) is 0 Å². The zero-order chi connectivity index (χ0) is 18.2. The molecular weight excluding hydrogens is 318 g/mol. The maximum atomic E-state index is 9.61. The zero-order valence-corrected chi connectivity index (χ0v) is 14.4. The van der Waals surface area contributed by atoms with Crippen molar-refractivity contribution in [2.45, 2.75) is 32.7 Å². The fourth-order valence-electron chi connectivity index (χ4n) is 2.56. The molecule has 0 saturated carbocycles. The first-order chi connectivity index (χ1) is 11.7. The summed E-state index contributed by atoms with van der Waals surface area (Å²) in [5.41, 5.74) is 3.45. The van der Waals surface area contributed by atoms with E-state index in [9.17, 15) is 15.3 Å². The molecule has 0 fully saturated rings. The molecule has 0 radical (unpaired) electrons. The lowest BCUT2D eigenvalue weighted by Crippen LogP contribution is -2.11. The molecule has 0 unspecified atom stereocenters. The summed E-state index contributed by atoms with van der Waals surface area (Å²) in [5, 5.41) is 36.8. The predicted molar refractivity (Wildman–Crippen MR) is 94.7 cm³/mol. The van der Waals surface area contributed by atoms with Crippen molar-refractivity contribution in [2.24, 2.45) is 0 Å². The second-order valence-electron chi connectivity index (χ2n) is 7.11. The topological polar surface area (TPSA) is 91.4 Å². The van der Waals surface area contributed by atoms with Crippen molar-refractivity contribution in [3.05, 3.63) is 53.7 Å². The highest BCUT2D eigenvalue weighted by Crippen LogP contribution is 2.38. The van der Waals surface area contributed by atoms with Crippen LogP contribution in [0.1, 0.15) is 31.9 Å². The third-order valence-electron chi connectivity index (χ3n) is 4.07. The van der Waals surface area contributed by atoms with Gasteiger partial charge in [-0.15, -0.1) is 5.10 Å². The number of aromatic nitrogens is 3. The first-order valence-electron chi connectivity index (χ1n) is 7.99. The van der Waals surface area contributed by atoms with Crippen molar-refractivity contribution in [1.29, 1.82) is 0 Å². The molecule has 6 nitrogen and oxygen atoms in total. The molecule has 0 aliphatic rings. The van der Waals surface area contributed by atoms with Crippen LogP contribution in [0.25, 0.3) is 11.3 Å². The summed E-state index contributed by atoms with van der Waals surface area (Å²) < 4.78 is 1.68. The minimum atomic E-state index is -0.546. The molecule has 0 bridgehead atoms. The smallest absolute Gasteiger partial charge is 0.200 e. The average Bonchev–Trinajstić information content (AvgIpc) is 3.00. The van der Waals surface area contributed by atoms with Crippen LogP contribution < -0.4 is 0 Å². The average molecular weight is 339 g/mol. The van der Waals surface area contributed by atoms with Gasteiger partial charge in [0.05, 0.1) is 12.7 Å². The highest BCUT2D eigenvalue weighted by Gasteiger charge is 2.14. The maximum Gasteiger partial charge on any atom is 0.200 e. The Hall–Kier alpha value is -3.02. The van der Waals surface area contributed by atoms with Gasteiger partial charge in [-0.3, -0.25) is 0 Å². The molecule has 25 heavy (non-hydrogen) atoms. The number of hydrogen-bond acceptors (Lipinski definition) is 5. The van der Waals surface area contributed by atoms with E-state index in [1.165, 1.54) is 17.7 Å². The summed E-state index contributed by atoms with van der Waals surface area (Å²) in [6, 6.07) is 11.0. The monoisotopic (exact) mass is 339 g/mol. The maximum absolute atomic E-state index is 9.61. The van der Waals surface area contributed by atoms with E-state index in [2.05, 4.69) is 55.3 Å². The van der Waals surface area contributed by atoms with Crippen molar-refractivity contribution < 1.29 is 15.3 Å². The summed E-state index contributed by atoms with van der Waals surface area (Å²) in [4.78, 5) is 0. The number of benzene rings is 2. The molecule has 0 aliphatic carbocycles. The fraction of sp³-hybridized carbons (Fsp3) is 0.263. The van der Waals surface area contributed by atoms with Gasteiger partial charge in [-0.2, -0.15) is 0 Å². The van der Waals surface area contributed by atoms with E-state index in [0.717, 1.165) is 5.56 Å². The summed E-state index contributed by atoms with van der Waals surface area (Å²) in [6.45, 7) is 7.09. The lowest BCUT2D eigenvalue weighted by atomic mass is 9.87. The van der Waals surface area contributed by atoms with Gasteiger partial charge in [0.1, 0.15) is 5.69 Å². The normalized spacial score (nSPS) is 11.6. The van der Waals surface area contributed by atoms with Crippen LogP contribution in [0.15, 0.2) is 42.6 Å². The lowest BCUT2D eigenvalue weighted by molar-refractivity contribution is 0.368. The standard InChI is InChI=1S/C19H21N3O3/c1-19(2,3)14-6-4-12(5-7-14)10-22-11-15(20-21-22)13-8-16(23)18(25)17(24)9-13/h4-9,11,23-25H,10H2,1-3H3. The third-order valence-corrected chi connectivity index (χ3v) is 4.07. The summed E-state index contributed by atoms with van der Waals surface area (Å²) in [6.07, 6.45) is 1.73. The van der Waals surface area contributed by atoms with Crippen molar-refractivity contribution in [1.82, 2.24) is 15.0 Å². The van der Waals surface area contributed by atoms with E-state index in [-0.39, 0.29) is 5.41 Å².